The predicted octanol–water partition coefficient (Wildman–Crippen LogP) is 3.75. The normalized spacial score (nSPS) is 15.1. The van der Waals surface area contributed by atoms with Gasteiger partial charge in [0.15, 0.2) is 0 Å². The van der Waals surface area contributed by atoms with Crippen LogP contribution in [0.4, 0.5) is 5.69 Å². The van der Waals surface area contributed by atoms with Crippen molar-refractivity contribution in [3.8, 4) is 0 Å². The second-order valence-corrected chi connectivity index (χ2v) is 6.36. The molecule has 1 amide bonds. The summed E-state index contributed by atoms with van der Waals surface area (Å²) >= 11 is 12.0. The maximum atomic E-state index is 12.3. The lowest BCUT2D eigenvalue weighted by molar-refractivity contribution is -0.126. The third-order valence-electron chi connectivity index (χ3n) is 3.99. The topological polar surface area (TPSA) is 36.4 Å². The van der Waals surface area contributed by atoms with Gasteiger partial charge < -0.3 is 9.80 Å². The molecule has 0 atom stereocenters. The molecule has 1 aromatic carbocycles. The molecule has 0 bridgehead atoms. The van der Waals surface area contributed by atoms with E-state index in [1.54, 1.807) is 42.7 Å². The van der Waals surface area contributed by atoms with Crippen molar-refractivity contribution in [2.24, 2.45) is 0 Å². The molecule has 0 unspecified atom stereocenters. The smallest absolute Gasteiger partial charge is 0.246 e. The van der Waals surface area contributed by atoms with Crippen LogP contribution in [-0.4, -0.2) is 42.0 Å². The van der Waals surface area contributed by atoms with Crippen LogP contribution in [0.25, 0.3) is 6.08 Å². The number of pyridine rings is 1. The van der Waals surface area contributed by atoms with Gasteiger partial charge in [-0.25, -0.2) is 0 Å². The Hall–Kier alpha value is -2.04. The van der Waals surface area contributed by atoms with Crippen molar-refractivity contribution >= 4 is 40.9 Å². The van der Waals surface area contributed by atoms with Gasteiger partial charge in [0.25, 0.3) is 0 Å². The highest BCUT2D eigenvalue weighted by molar-refractivity contribution is 6.35. The Balaban J connectivity index is 1.58. The van der Waals surface area contributed by atoms with E-state index in [0.29, 0.717) is 23.1 Å². The van der Waals surface area contributed by atoms with E-state index < -0.39 is 0 Å². The fourth-order valence-corrected chi connectivity index (χ4v) is 3.11. The molecule has 0 radical (unpaired) electrons. The lowest BCUT2D eigenvalue weighted by Gasteiger charge is -2.35. The van der Waals surface area contributed by atoms with Gasteiger partial charge in [0.05, 0.1) is 0 Å². The van der Waals surface area contributed by atoms with Crippen LogP contribution in [0.5, 0.6) is 0 Å². The van der Waals surface area contributed by atoms with E-state index in [2.05, 4.69) is 9.88 Å². The summed E-state index contributed by atoms with van der Waals surface area (Å²) in [6, 6.07) is 9.20. The average molecular weight is 362 g/mol. The fourth-order valence-electron chi connectivity index (χ4n) is 2.64. The van der Waals surface area contributed by atoms with E-state index in [1.807, 2.05) is 17.0 Å². The zero-order valence-corrected chi connectivity index (χ0v) is 14.5. The molecule has 0 spiro atoms. The van der Waals surface area contributed by atoms with Gasteiger partial charge in [0.1, 0.15) is 0 Å². The van der Waals surface area contributed by atoms with Gasteiger partial charge in [-0.2, -0.15) is 0 Å². The maximum absolute atomic E-state index is 12.3. The van der Waals surface area contributed by atoms with E-state index in [4.69, 9.17) is 23.2 Å². The Morgan fingerprint density at radius 3 is 2.42 bits per heavy atom. The van der Waals surface area contributed by atoms with E-state index in [1.165, 1.54) is 0 Å². The van der Waals surface area contributed by atoms with E-state index in [0.717, 1.165) is 24.3 Å². The second kappa shape index (κ2) is 7.69. The van der Waals surface area contributed by atoms with Gasteiger partial charge in [-0.1, -0.05) is 29.3 Å². The summed E-state index contributed by atoms with van der Waals surface area (Å²) in [5.41, 5.74) is 1.92. The Kier molecular flexibility index (Phi) is 5.38. The van der Waals surface area contributed by atoms with Crippen molar-refractivity contribution in [1.82, 2.24) is 9.88 Å². The molecule has 1 aliphatic rings. The quantitative estimate of drug-likeness (QED) is 0.781. The first kappa shape index (κ1) is 16.8. The number of benzene rings is 1. The van der Waals surface area contributed by atoms with Crippen molar-refractivity contribution in [3.63, 3.8) is 0 Å². The van der Waals surface area contributed by atoms with Gasteiger partial charge in [0, 0.05) is 60.4 Å². The number of carbonyl (C=O) groups excluding carboxylic acids is 1. The third kappa shape index (κ3) is 4.08. The van der Waals surface area contributed by atoms with Gasteiger partial charge >= 0.3 is 0 Å². The van der Waals surface area contributed by atoms with Gasteiger partial charge in [-0.15, -0.1) is 0 Å². The molecule has 124 valence electrons. The van der Waals surface area contributed by atoms with Crippen LogP contribution < -0.4 is 4.90 Å². The zero-order valence-electron chi connectivity index (χ0n) is 13.0. The minimum Gasteiger partial charge on any atom is -0.368 e. The minimum absolute atomic E-state index is 0.00426. The van der Waals surface area contributed by atoms with E-state index >= 15 is 0 Å². The second-order valence-electron chi connectivity index (χ2n) is 5.52. The number of piperazine rings is 1. The number of aromatic nitrogens is 1. The summed E-state index contributed by atoms with van der Waals surface area (Å²) in [4.78, 5) is 20.5. The molecule has 0 aliphatic carbocycles. The standard InChI is InChI=1S/C18H17Cl2N3O/c19-15-3-1-14(17(20)13-15)2-4-18(24)23-11-9-22(10-12-23)16-5-7-21-8-6-16/h1-8,13H,9-12H2/b4-2+. The number of anilines is 1. The summed E-state index contributed by atoms with van der Waals surface area (Å²) in [7, 11) is 0. The van der Waals surface area contributed by atoms with E-state index in [9.17, 15) is 4.79 Å². The SMILES string of the molecule is O=C(/C=C/c1ccc(Cl)cc1Cl)N1CCN(c2ccncc2)CC1. The number of carbonyl (C=O) groups is 1. The Bertz CT molecular complexity index is 741. The molecule has 6 heteroatoms. The third-order valence-corrected chi connectivity index (χ3v) is 4.55. The number of hydrogen-bond acceptors (Lipinski definition) is 3. The number of rotatable bonds is 3. The molecule has 1 saturated heterocycles. The summed E-state index contributed by atoms with van der Waals surface area (Å²) in [5.74, 6) is -0.00426. The van der Waals surface area contributed by atoms with Crippen molar-refractivity contribution in [1.29, 1.82) is 0 Å². The number of nitrogens with zero attached hydrogens (tertiary/aromatic N) is 3. The summed E-state index contributed by atoms with van der Waals surface area (Å²) < 4.78 is 0. The number of halogens is 2. The molecular weight excluding hydrogens is 345 g/mol. The number of amides is 1. The highest BCUT2D eigenvalue weighted by Crippen LogP contribution is 2.22. The molecule has 2 aromatic rings. The first-order chi connectivity index (χ1) is 11.6. The molecular formula is C18H17Cl2N3O. The molecule has 2 heterocycles. The molecule has 24 heavy (non-hydrogen) atoms. The Morgan fingerprint density at radius 1 is 1.04 bits per heavy atom. The van der Waals surface area contributed by atoms with Gasteiger partial charge in [-0.05, 0) is 35.9 Å². The first-order valence-corrected chi connectivity index (χ1v) is 8.46. The number of hydrogen-bond donors (Lipinski definition) is 0. The fraction of sp³-hybridized carbons (Fsp3) is 0.222. The molecule has 1 aromatic heterocycles. The maximum Gasteiger partial charge on any atom is 0.246 e. The summed E-state index contributed by atoms with van der Waals surface area (Å²) in [6.07, 6.45) is 6.87. The largest absolute Gasteiger partial charge is 0.368 e. The van der Waals surface area contributed by atoms with Crippen molar-refractivity contribution < 1.29 is 4.79 Å². The molecule has 1 aliphatic heterocycles. The van der Waals surface area contributed by atoms with Crippen LogP contribution in [0.2, 0.25) is 10.0 Å². The van der Waals surface area contributed by atoms with Crippen LogP contribution in [0.1, 0.15) is 5.56 Å². The Labute approximate surface area is 151 Å². The van der Waals surface area contributed by atoms with Crippen LogP contribution in [0, 0.1) is 0 Å². The van der Waals surface area contributed by atoms with Crippen molar-refractivity contribution in [3.05, 3.63) is 64.4 Å². The highest BCUT2D eigenvalue weighted by Gasteiger charge is 2.19. The van der Waals surface area contributed by atoms with Crippen molar-refractivity contribution in [2.75, 3.05) is 31.1 Å². The summed E-state index contributed by atoms with van der Waals surface area (Å²) in [5, 5.41) is 1.12. The molecule has 1 fully saturated rings. The summed E-state index contributed by atoms with van der Waals surface area (Å²) in [6.45, 7) is 3.01. The highest BCUT2D eigenvalue weighted by atomic mass is 35.5. The minimum atomic E-state index is -0.00426. The van der Waals surface area contributed by atoms with Gasteiger partial charge in [-0.3, -0.25) is 9.78 Å². The average Bonchev–Trinajstić information content (AvgIpc) is 2.62. The van der Waals surface area contributed by atoms with E-state index in [-0.39, 0.29) is 5.91 Å². The molecule has 0 N–H and O–H groups in total. The van der Waals surface area contributed by atoms with Crippen molar-refractivity contribution in [2.45, 2.75) is 0 Å². The molecule has 0 saturated carbocycles. The zero-order chi connectivity index (χ0) is 16.9. The van der Waals surface area contributed by atoms with Gasteiger partial charge in [0.2, 0.25) is 5.91 Å². The molecule has 4 nitrogen and oxygen atoms in total. The predicted molar refractivity (Wildman–Crippen MR) is 98.5 cm³/mol. The Morgan fingerprint density at radius 2 is 1.75 bits per heavy atom. The van der Waals surface area contributed by atoms with Crippen LogP contribution in [-0.2, 0) is 4.79 Å². The van der Waals surface area contributed by atoms with Crippen LogP contribution in [0.3, 0.4) is 0 Å². The monoisotopic (exact) mass is 361 g/mol. The van der Waals surface area contributed by atoms with Crippen LogP contribution in [0.15, 0.2) is 48.8 Å². The first-order valence-electron chi connectivity index (χ1n) is 7.70. The van der Waals surface area contributed by atoms with Crippen LogP contribution >= 0.6 is 23.2 Å². The molecule has 3 rings (SSSR count). The lowest BCUT2D eigenvalue weighted by atomic mass is 10.2. The lowest BCUT2D eigenvalue weighted by Crippen LogP contribution is -2.48.